The number of amidine groups is 1. The molecular weight excluding hydrogens is 178 g/mol. The molecule has 82 valence electrons. The van der Waals surface area contributed by atoms with E-state index in [9.17, 15) is 0 Å². The average Bonchev–Trinajstić information content (AvgIpc) is 2.26. The number of nitrogens with two attached hydrogens (primary N) is 1. The predicted molar refractivity (Wildman–Crippen MR) is 57.5 cm³/mol. The van der Waals surface area contributed by atoms with Crippen molar-refractivity contribution >= 4 is 5.84 Å². The zero-order chi connectivity index (χ0) is 10.4. The van der Waals surface area contributed by atoms with Crippen LogP contribution in [-0.2, 0) is 0 Å². The van der Waals surface area contributed by atoms with E-state index in [1.807, 2.05) is 0 Å². The standard InChI is InChI=1S/C10H21N3O/c1-2-9-5-3-4-7-13(9)8-6-10(11)12-14/h9,14H,2-8H2,1H3,(H2,11,12). The summed E-state index contributed by atoms with van der Waals surface area (Å²) in [5.74, 6) is 0.338. The Labute approximate surface area is 85.8 Å². The Hall–Kier alpha value is -0.770. The number of hydrogen-bond acceptors (Lipinski definition) is 3. The largest absolute Gasteiger partial charge is 0.409 e. The minimum Gasteiger partial charge on any atom is -0.409 e. The topological polar surface area (TPSA) is 61.8 Å². The van der Waals surface area contributed by atoms with Gasteiger partial charge >= 0.3 is 0 Å². The van der Waals surface area contributed by atoms with Gasteiger partial charge in [-0.1, -0.05) is 18.5 Å². The van der Waals surface area contributed by atoms with Crippen molar-refractivity contribution in [1.82, 2.24) is 4.90 Å². The molecule has 1 rings (SSSR count). The van der Waals surface area contributed by atoms with Gasteiger partial charge in [-0.2, -0.15) is 0 Å². The second-order valence-corrected chi connectivity index (χ2v) is 3.94. The second-order valence-electron chi connectivity index (χ2n) is 3.94. The zero-order valence-corrected chi connectivity index (χ0v) is 8.95. The van der Waals surface area contributed by atoms with Gasteiger partial charge in [0.25, 0.3) is 0 Å². The van der Waals surface area contributed by atoms with E-state index < -0.39 is 0 Å². The number of piperidine rings is 1. The van der Waals surface area contributed by atoms with Gasteiger partial charge in [-0.3, -0.25) is 4.90 Å². The third kappa shape index (κ3) is 3.18. The van der Waals surface area contributed by atoms with Gasteiger partial charge in [0.1, 0.15) is 5.84 Å². The van der Waals surface area contributed by atoms with E-state index in [0.717, 1.165) is 13.1 Å². The molecule has 1 unspecified atom stereocenters. The quantitative estimate of drug-likeness (QED) is 0.311. The van der Waals surface area contributed by atoms with E-state index >= 15 is 0 Å². The fraction of sp³-hybridized carbons (Fsp3) is 0.900. The fourth-order valence-electron chi connectivity index (χ4n) is 2.12. The summed E-state index contributed by atoms with van der Waals surface area (Å²) >= 11 is 0. The lowest BCUT2D eigenvalue weighted by Gasteiger charge is -2.35. The van der Waals surface area contributed by atoms with Crippen molar-refractivity contribution in [3.63, 3.8) is 0 Å². The lowest BCUT2D eigenvalue weighted by molar-refractivity contribution is 0.148. The number of rotatable bonds is 4. The number of hydrogen-bond donors (Lipinski definition) is 2. The summed E-state index contributed by atoms with van der Waals surface area (Å²) in [7, 11) is 0. The summed E-state index contributed by atoms with van der Waals surface area (Å²) < 4.78 is 0. The molecule has 0 aromatic heterocycles. The second kappa shape index (κ2) is 5.86. The highest BCUT2D eigenvalue weighted by Crippen LogP contribution is 2.19. The first-order valence-electron chi connectivity index (χ1n) is 5.48. The van der Waals surface area contributed by atoms with Crippen molar-refractivity contribution in [1.29, 1.82) is 0 Å². The van der Waals surface area contributed by atoms with E-state index in [-0.39, 0.29) is 0 Å². The zero-order valence-electron chi connectivity index (χ0n) is 8.95. The van der Waals surface area contributed by atoms with Crippen molar-refractivity contribution in [3.05, 3.63) is 0 Å². The molecule has 1 fully saturated rings. The Kier molecular flexibility index (Phi) is 4.73. The normalized spacial score (nSPS) is 25.2. The van der Waals surface area contributed by atoms with Crippen molar-refractivity contribution in [3.8, 4) is 0 Å². The summed E-state index contributed by atoms with van der Waals surface area (Å²) in [6.45, 7) is 4.32. The number of nitrogens with zero attached hydrogens (tertiary/aromatic N) is 2. The molecule has 0 aromatic carbocycles. The Bertz CT molecular complexity index is 194. The van der Waals surface area contributed by atoms with Gasteiger partial charge in [-0.15, -0.1) is 0 Å². The van der Waals surface area contributed by atoms with E-state index in [1.165, 1.54) is 25.7 Å². The summed E-state index contributed by atoms with van der Waals surface area (Å²) in [6.07, 6.45) is 5.81. The van der Waals surface area contributed by atoms with Crippen LogP contribution in [0, 0.1) is 0 Å². The molecule has 1 saturated heterocycles. The van der Waals surface area contributed by atoms with Crippen LogP contribution in [0.3, 0.4) is 0 Å². The average molecular weight is 199 g/mol. The van der Waals surface area contributed by atoms with Crippen molar-refractivity contribution in [2.45, 2.75) is 45.1 Å². The molecule has 0 amide bonds. The highest BCUT2D eigenvalue weighted by Gasteiger charge is 2.20. The van der Waals surface area contributed by atoms with Crippen LogP contribution in [0.1, 0.15) is 39.0 Å². The highest BCUT2D eigenvalue weighted by molar-refractivity contribution is 5.79. The number of oxime groups is 1. The van der Waals surface area contributed by atoms with Gasteiger partial charge in [-0.25, -0.2) is 0 Å². The molecule has 1 heterocycles. The molecule has 0 aromatic rings. The lowest BCUT2D eigenvalue weighted by atomic mass is 10.00. The van der Waals surface area contributed by atoms with E-state index in [2.05, 4.69) is 17.0 Å². The Morgan fingerprint density at radius 3 is 3.00 bits per heavy atom. The fourth-order valence-corrected chi connectivity index (χ4v) is 2.12. The molecular formula is C10H21N3O. The molecule has 0 bridgehead atoms. The maximum absolute atomic E-state index is 8.43. The molecule has 1 aliphatic rings. The van der Waals surface area contributed by atoms with Crippen LogP contribution in [0.2, 0.25) is 0 Å². The third-order valence-electron chi connectivity index (χ3n) is 3.00. The Morgan fingerprint density at radius 2 is 2.36 bits per heavy atom. The SMILES string of the molecule is CCC1CCCCN1CC/C(N)=N/O. The summed E-state index contributed by atoms with van der Waals surface area (Å²) in [5.41, 5.74) is 5.45. The van der Waals surface area contributed by atoms with Crippen LogP contribution in [0.5, 0.6) is 0 Å². The smallest absolute Gasteiger partial charge is 0.140 e. The molecule has 0 radical (unpaired) electrons. The van der Waals surface area contributed by atoms with Crippen LogP contribution in [-0.4, -0.2) is 35.1 Å². The minimum atomic E-state index is 0.338. The van der Waals surface area contributed by atoms with E-state index in [0.29, 0.717) is 18.3 Å². The molecule has 1 atom stereocenters. The molecule has 1 aliphatic heterocycles. The van der Waals surface area contributed by atoms with E-state index in [1.54, 1.807) is 0 Å². The first kappa shape index (κ1) is 11.3. The minimum absolute atomic E-state index is 0.338. The predicted octanol–water partition coefficient (Wildman–Crippen LogP) is 1.39. The van der Waals surface area contributed by atoms with Gasteiger partial charge in [0.2, 0.25) is 0 Å². The molecule has 4 nitrogen and oxygen atoms in total. The molecule has 14 heavy (non-hydrogen) atoms. The molecule has 0 spiro atoms. The third-order valence-corrected chi connectivity index (χ3v) is 3.00. The Morgan fingerprint density at radius 1 is 1.57 bits per heavy atom. The van der Waals surface area contributed by atoms with Crippen molar-refractivity contribution in [2.75, 3.05) is 13.1 Å². The Balaban J connectivity index is 2.33. The van der Waals surface area contributed by atoms with Crippen LogP contribution in [0.25, 0.3) is 0 Å². The van der Waals surface area contributed by atoms with Gasteiger partial charge < -0.3 is 10.9 Å². The van der Waals surface area contributed by atoms with Crippen molar-refractivity contribution in [2.24, 2.45) is 10.9 Å². The molecule has 0 saturated carbocycles. The molecule has 3 N–H and O–H groups in total. The molecule has 0 aliphatic carbocycles. The number of likely N-dealkylation sites (tertiary alicyclic amines) is 1. The lowest BCUT2D eigenvalue weighted by Crippen LogP contribution is -2.40. The summed E-state index contributed by atoms with van der Waals surface area (Å²) in [4.78, 5) is 2.46. The first-order valence-corrected chi connectivity index (χ1v) is 5.48. The van der Waals surface area contributed by atoms with Crippen LogP contribution in [0.15, 0.2) is 5.16 Å². The summed E-state index contributed by atoms with van der Waals surface area (Å²) in [6, 6.07) is 0.704. The van der Waals surface area contributed by atoms with Gasteiger partial charge in [-0.05, 0) is 25.8 Å². The summed E-state index contributed by atoms with van der Waals surface area (Å²) in [5, 5.41) is 11.4. The van der Waals surface area contributed by atoms with Crippen molar-refractivity contribution < 1.29 is 5.21 Å². The maximum atomic E-state index is 8.43. The molecule has 4 heteroatoms. The van der Waals surface area contributed by atoms with Gasteiger partial charge in [0, 0.05) is 19.0 Å². The van der Waals surface area contributed by atoms with E-state index in [4.69, 9.17) is 10.9 Å². The van der Waals surface area contributed by atoms with Crippen LogP contribution < -0.4 is 5.73 Å². The van der Waals surface area contributed by atoms with Gasteiger partial charge in [0.05, 0.1) is 0 Å². The highest BCUT2D eigenvalue weighted by atomic mass is 16.4. The first-order chi connectivity index (χ1) is 6.77. The van der Waals surface area contributed by atoms with Gasteiger partial charge in [0.15, 0.2) is 0 Å². The monoisotopic (exact) mass is 199 g/mol. The van der Waals surface area contributed by atoms with Crippen LogP contribution >= 0.6 is 0 Å². The van der Waals surface area contributed by atoms with Crippen LogP contribution in [0.4, 0.5) is 0 Å². The maximum Gasteiger partial charge on any atom is 0.140 e.